The lowest BCUT2D eigenvalue weighted by atomic mass is 9.77. The smallest absolute Gasteiger partial charge is 0.138 e. The summed E-state index contributed by atoms with van der Waals surface area (Å²) in [4.78, 5) is 0. The number of aromatic nitrogens is 4. The summed E-state index contributed by atoms with van der Waals surface area (Å²) < 4.78 is 4.05. The molecule has 0 saturated heterocycles. The summed E-state index contributed by atoms with van der Waals surface area (Å²) in [6.45, 7) is 2.09. The molecule has 2 aromatic heterocycles. The Labute approximate surface area is 205 Å². The number of rotatable bonds is 5. The first kappa shape index (κ1) is 21.1. The zero-order valence-electron chi connectivity index (χ0n) is 19.8. The van der Waals surface area contributed by atoms with Crippen LogP contribution in [0.1, 0.15) is 22.4 Å². The molecule has 0 atom stereocenters. The fourth-order valence-corrected chi connectivity index (χ4v) is 5.18. The first-order valence-electron chi connectivity index (χ1n) is 11.8. The molecule has 0 bridgehead atoms. The minimum absolute atomic E-state index is 0.633. The molecule has 0 spiro atoms. The van der Waals surface area contributed by atoms with E-state index in [2.05, 4.69) is 126 Å². The van der Waals surface area contributed by atoms with Crippen LogP contribution in [0.25, 0.3) is 22.0 Å². The lowest BCUT2D eigenvalue weighted by molar-refractivity contribution is 0.473. The van der Waals surface area contributed by atoms with Crippen LogP contribution in [0.15, 0.2) is 122 Å². The predicted octanol–water partition coefficient (Wildman–Crippen LogP) is 6.59. The van der Waals surface area contributed by atoms with Crippen molar-refractivity contribution in [2.45, 2.75) is 12.5 Å². The molecule has 4 heteroatoms. The number of nitrogens with zero attached hydrogens (tertiary/aromatic N) is 4. The molecule has 6 aromatic rings. The zero-order valence-corrected chi connectivity index (χ0v) is 19.8. The van der Waals surface area contributed by atoms with Crippen LogP contribution < -0.4 is 0 Å². The van der Waals surface area contributed by atoms with Crippen molar-refractivity contribution in [3.63, 3.8) is 0 Å². The molecule has 0 N–H and O–H groups in total. The minimum atomic E-state index is -0.633. The molecule has 170 valence electrons. The molecule has 0 fully saturated rings. The molecule has 0 aliphatic heterocycles. The average Bonchev–Trinajstić information content (AvgIpc) is 3.50. The fraction of sp³-hybridized carbons (Fsp3) is 0.0968. The van der Waals surface area contributed by atoms with Gasteiger partial charge in [-0.25, -0.2) is 4.68 Å². The highest BCUT2D eigenvalue weighted by atomic mass is 15.3. The first-order valence-corrected chi connectivity index (χ1v) is 11.8. The molecule has 35 heavy (non-hydrogen) atoms. The first-order chi connectivity index (χ1) is 17.2. The van der Waals surface area contributed by atoms with Crippen molar-refractivity contribution < 1.29 is 0 Å². The van der Waals surface area contributed by atoms with Gasteiger partial charge in [0.15, 0.2) is 0 Å². The summed E-state index contributed by atoms with van der Waals surface area (Å²) in [6.07, 6.45) is 3.95. The quantitative estimate of drug-likeness (QED) is 0.276. The number of fused-ring (bicyclic) bond motifs is 1. The molecule has 2 heterocycles. The summed E-state index contributed by atoms with van der Waals surface area (Å²) in [6, 6.07) is 38.6. The summed E-state index contributed by atoms with van der Waals surface area (Å²) in [5.74, 6) is 0. The van der Waals surface area contributed by atoms with Gasteiger partial charge in [-0.3, -0.25) is 4.68 Å². The Kier molecular flexibility index (Phi) is 5.07. The van der Waals surface area contributed by atoms with Gasteiger partial charge in [0.25, 0.3) is 0 Å². The summed E-state index contributed by atoms with van der Waals surface area (Å²) in [5, 5.41) is 10.7. The molecule has 0 aliphatic carbocycles. The number of hydrogen-bond donors (Lipinski definition) is 0. The van der Waals surface area contributed by atoms with Crippen LogP contribution in [0.3, 0.4) is 0 Å². The second-order valence-electron chi connectivity index (χ2n) is 8.94. The van der Waals surface area contributed by atoms with E-state index in [1.54, 1.807) is 0 Å². The van der Waals surface area contributed by atoms with Crippen LogP contribution >= 0.6 is 0 Å². The summed E-state index contributed by atoms with van der Waals surface area (Å²) >= 11 is 0. The van der Waals surface area contributed by atoms with Crippen molar-refractivity contribution in [1.29, 1.82) is 0 Å². The minimum Gasteiger partial charge on any atom is -0.275 e. The molecule has 0 saturated carbocycles. The molecule has 4 nitrogen and oxygen atoms in total. The Morgan fingerprint density at radius 2 is 1.20 bits per heavy atom. The van der Waals surface area contributed by atoms with Gasteiger partial charge >= 0.3 is 0 Å². The molecule has 0 unspecified atom stereocenters. The highest BCUT2D eigenvalue weighted by molar-refractivity contribution is 5.87. The lowest BCUT2D eigenvalue weighted by Gasteiger charge is -2.37. The van der Waals surface area contributed by atoms with E-state index in [4.69, 9.17) is 5.10 Å². The third-order valence-corrected chi connectivity index (χ3v) is 6.80. The SMILES string of the molecule is Cc1nn(C(c2ccccc2)(c2ccccc2)c2ccccc2)c2ccc(-c3cnn(C)c3)cc12. The van der Waals surface area contributed by atoms with Gasteiger partial charge in [0.1, 0.15) is 5.54 Å². The maximum Gasteiger partial charge on any atom is 0.138 e. The van der Waals surface area contributed by atoms with Crippen molar-refractivity contribution in [1.82, 2.24) is 19.6 Å². The van der Waals surface area contributed by atoms with Crippen molar-refractivity contribution in [3.05, 3.63) is 144 Å². The van der Waals surface area contributed by atoms with Crippen LogP contribution in [0.2, 0.25) is 0 Å². The van der Waals surface area contributed by atoms with Crippen molar-refractivity contribution in [2.24, 2.45) is 7.05 Å². The largest absolute Gasteiger partial charge is 0.275 e. The zero-order chi connectivity index (χ0) is 23.8. The maximum absolute atomic E-state index is 5.23. The molecule has 0 aliphatic rings. The van der Waals surface area contributed by atoms with E-state index in [1.807, 2.05) is 24.1 Å². The second-order valence-corrected chi connectivity index (χ2v) is 8.94. The normalized spacial score (nSPS) is 11.7. The maximum atomic E-state index is 5.23. The van der Waals surface area contributed by atoms with Crippen molar-refractivity contribution in [2.75, 3.05) is 0 Å². The van der Waals surface area contributed by atoms with E-state index in [1.165, 1.54) is 0 Å². The third kappa shape index (κ3) is 3.38. The number of hydrogen-bond acceptors (Lipinski definition) is 2. The standard InChI is InChI=1S/C31H26N4/c1-23-29-20-24(25-21-32-34(2)22-25)18-19-30(29)35(33-23)31(26-12-6-3-7-13-26,27-14-8-4-9-15-27)28-16-10-5-11-17-28/h3-22H,1-2H3. The second kappa shape index (κ2) is 8.41. The monoisotopic (exact) mass is 454 g/mol. The van der Waals surface area contributed by atoms with Gasteiger partial charge in [-0.1, -0.05) is 97.1 Å². The van der Waals surface area contributed by atoms with E-state index < -0.39 is 5.54 Å². The van der Waals surface area contributed by atoms with E-state index >= 15 is 0 Å². The molecule has 0 radical (unpaired) electrons. The van der Waals surface area contributed by atoms with Crippen molar-refractivity contribution in [3.8, 4) is 11.1 Å². The Hall–Kier alpha value is -4.44. The third-order valence-electron chi connectivity index (χ3n) is 6.80. The molecular formula is C31H26N4. The van der Waals surface area contributed by atoms with Gasteiger partial charge in [-0.05, 0) is 41.3 Å². The van der Waals surface area contributed by atoms with Crippen LogP contribution in [0.5, 0.6) is 0 Å². The summed E-state index contributed by atoms with van der Waals surface area (Å²) in [5.41, 5.74) is 7.19. The van der Waals surface area contributed by atoms with E-state index in [0.29, 0.717) is 0 Å². The van der Waals surface area contributed by atoms with Crippen LogP contribution in [0, 0.1) is 6.92 Å². The Balaban J connectivity index is 1.70. The van der Waals surface area contributed by atoms with Crippen LogP contribution in [0.4, 0.5) is 0 Å². The Morgan fingerprint density at radius 1 is 0.657 bits per heavy atom. The van der Waals surface area contributed by atoms with E-state index in [9.17, 15) is 0 Å². The van der Waals surface area contributed by atoms with E-state index in [0.717, 1.165) is 44.4 Å². The molecule has 4 aromatic carbocycles. The topological polar surface area (TPSA) is 35.6 Å². The highest BCUT2D eigenvalue weighted by Gasteiger charge is 2.40. The predicted molar refractivity (Wildman–Crippen MR) is 141 cm³/mol. The fourth-order valence-electron chi connectivity index (χ4n) is 5.18. The molecule has 0 amide bonds. The molecule has 6 rings (SSSR count). The van der Waals surface area contributed by atoms with Gasteiger partial charge in [-0.15, -0.1) is 0 Å². The van der Waals surface area contributed by atoms with Crippen LogP contribution in [-0.2, 0) is 12.6 Å². The summed E-state index contributed by atoms with van der Waals surface area (Å²) in [7, 11) is 1.94. The van der Waals surface area contributed by atoms with E-state index in [-0.39, 0.29) is 0 Å². The van der Waals surface area contributed by atoms with Gasteiger partial charge in [0, 0.05) is 24.2 Å². The Morgan fingerprint density at radius 3 is 1.69 bits per heavy atom. The van der Waals surface area contributed by atoms with Crippen LogP contribution in [-0.4, -0.2) is 19.6 Å². The number of benzene rings is 4. The van der Waals surface area contributed by atoms with Crippen molar-refractivity contribution >= 4 is 10.9 Å². The van der Waals surface area contributed by atoms with Gasteiger partial charge in [0.2, 0.25) is 0 Å². The van der Waals surface area contributed by atoms with Gasteiger partial charge in [-0.2, -0.15) is 10.2 Å². The average molecular weight is 455 g/mol. The number of aryl methyl sites for hydroxylation is 2. The lowest BCUT2D eigenvalue weighted by Crippen LogP contribution is -2.38. The van der Waals surface area contributed by atoms with Gasteiger partial charge < -0.3 is 0 Å². The van der Waals surface area contributed by atoms with Gasteiger partial charge in [0.05, 0.1) is 17.4 Å². The Bertz CT molecular complexity index is 1500. The highest BCUT2D eigenvalue weighted by Crippen LogP contribution is 2.43. The molecular weight excluding hydrogens is 428 g/mol.